The van der Waals surface area contributed by atoms with Crippen molar-refractivity contribution in [3.8, 4) is 0 Å². The van der Waals surface area contributed by atoms with Gasteiger partial charge in [0.15, 0.2) is 5.82 Å². The number of halogens is 1. The van der Waals surface area contributed by atoms with Crippen molar-refractivity contribution in [2.45, 2.75) is 6.54 Å². The van der Waals surface area contributed by atoms with Gasteiger partial charge in [0.1, 0.15) is 5.02 Å². The zero-order chi connectivity index (χ0) is 24.5. The number of nitrogens with one attached hydrogen (secondary N) is 3. The van der Waals surface area contributed by atoms with E-state index in [0.717, 1.165) is 5.56 Å². The van der Waals surface area contributed by atoms with Crippen LogP contribution in [0.5, 0.6) is 0 Å². The number of benzene rings is 2. The highest BCUT2D eigenvalue weighted by Gasteiger charge is 2.10. The Kier molecular flexibility index (Phi) is 8.55. The monoisotopic (exact) mass is 479 g/mol. The Morgan fingerprint density at radius 1 is 1.12 bits per heavy atom. The lowest BCUT2D eigenvalue weighted by molar-refractivity contribution is -0.111. The molecule has 176 valence electrons. The second kappa shape index (κ2) is 11.8. The second-order valence-corrected chi connectivity index (χ2v) is 8.03. The topological polar surface area (TPSA) is 125 Å². The largest absolute Gasteiger partial charge is 0.366 e. The van der Waals surface area contributed by atoms with Crippen molar-refractivity contribution in [1.82, 2.24) is 14.9 Å². The average molecular weight is 480 g/mol. The molecular formula is C24H26ClN7O2. The molecule has 9 nitrogen and oxygen atoms in total. The molecule has 0 bridgehead atoms. The highest BCUT2D eigenvalue weighted by molar-refractivity contribution is 6.32. The van der Waals surface area contributed by atoms with Crippen molar-refractivity contribution in [3.63, 3.8) is 0 Å². The number of aromatic nitrogens is 2. The van der Waals surface area contributed by atoms with E-state index in [0.29, 0.717) is 46.8 Å². The molecule has 0 aliphatic rings. The highest BCUT2D eigenvalue weighted by atomic mass is 35.5. The fourth-order valence-electron chi connectivity index (χ4n) is 3.00. The molecule has 0 saturated heterocycles. The first-order valence-corrected chi connectivity index (χ1v) is 10.8. The number of hydrogen-bond donors (Lipinski definition) is 4. The number of anilines is 4. The number of nitrogens with zero attached hydrogens (tertiary/aromatic N) is 3. The number of carbonyl (C=O) groups is 2. The van der Waals surface area contributed by atoms with Gasteiger partial charge in [-0.2, -0.15) is 4.98 Å². The first kappa shape index (κ1) is 24.7. The summed E-state index contributed by atoms with van der Waals surface area (Å²) in [6.07, 6.45) is 4.76. The van der Waals surface area contributed by atoms with Crippen LogP contribution >= 0.6 is 11.6 Å². The number of primary amides is 1. The lowest BCUT2D eigenvalue weighted by atomic mass is 10.1. The Bertz CT molecular complexity index is 1200. The summed E-state index contributed by atoms with van der Waals surface area (Å²) in [6, 6.07) is 14.2. The van der Waals surface area contributed by atoms with Gasteiger partial charge in [-0.3, -0.25) is 9.59 Å². The number of nitrogens with two attached hydrogens (primary N) is 1. The molecule has 1 aromatic heterocycles. The van der Waals surface area contributed by atoms with Crippen molar-refractivity contribution < 1.29 is 9.59 Å². The van der Waals surface area contributed by atoms with E-state index in [1.807, 2.05) is 31.1 Å². The van der Waals surface area contributed by atoms with Gasteiger partial charge in [-0.05, 0) is 43.9 Å². The lowest BCUT2D eigenvalue weighted by Crippen LogP contribution is -2.15. The predicted molar refractivity (Wildman–Crippen MR) is 135 cm³/mol. The summed E-state index contributed by atoms with van der Waals surface area (Å²) in [7, 11) is 3.86. The van der Waals surface area contributed by atoms with Crippen LogP contribution in [0.3, 0.4) is 0 Å². The summed E-state index contributed by atoms with van der Waals surface area (Å²) in [5, 5.41) is 9.36. The molecule has 0 radical (unpaired) electrons. The van der Waals surface area contributed by atoms with E-state index in [1.165, 1.54) is 12.3 Å². The SMILES string of the molecule is CN(C)CC=CC(=O)Nc1cccc(Nc2ncc(Cl)c(NCc3ccccc3C(N)=O)n2)c1. The van der Waals surface area contributed by atoms with E-state index >= 15 is 0 Å². The van der Waals surface area contributed by atoms with E-state index in [2.05, 4.69) is 25.9 Å². The second-order valence-electron chi connectivity index (χ2n) is 7.62. The first-order valence-electron chi connectivity index (χ1n) is 10.5. The molecule has 2 aromatic carbocycles. The minimum Gasteiger partial charge on any atom is -0.366 e. The molecule has 1 heterocycles. The van der Waals surface area contributed by atoms with Gasteiger partial charge in [0.2, 0.25) is 17.8 Å². The Labute approximate surface area is 203 Å². The minimum absolute atomic E-state index is 0.218. The van der Waals surface area contributed by atoms with Gasteiger partial charge < -0.3 is 26.6 Å². The van der Waals surface area contributed by atoms with Gasteiger partial charge in [-0.25, -0.2) is 4.98 Å². The molecule has 3 rings (SSSR count). The molecule has 0 aliphatic heterocycles. The van der Waals surface area contributed by atoms with E-state index in [4.69, 9.17) is 17.3 Å². The number of amides is 2. The molecule has 0 unspecified atom stereocenters. The lowest BCUT2D eigenvalue weighted by Gasteiger charge is -2.12. The number of carbonyl (C=O) groups excluding carboxylic acids is 2. The molecule has 2 amide bonds. The van der Waals surface area contributed by atoms with E-state index in [9.17, 15) is 9.59 Å². The van der Waals surface area contributed by atoms with Crippen LogP contribution in [0.1, 0.15) is 15.9 Å². The molecule has 3 aromatic rings. The van der Waals surface area contributed by atoms with Crippen LogP contribution < -0.4 is 21.7 Å². The quantitative estimate of drug-likeness (QED) is 0.327. The summed E-state index contributed by atoms with van der Waals surface area (Å²) in [4.78, 5) is 34.3. The Morgan fingerprint density at radius 2 is 1.88 bits per heavy atom. The molecule has 10 heteroatoms. The van der Waals surface area contributed by atoms with Crippen molar-refractivity contribution in [1.29, 1.82) is 0 Å². The van der Waals surface area contributed by atoms with Gasteiger partial charge in [-0.1, -0.05) is 41.9 Å². The van der Waals surface area contributed by atoms with Crippen LogP contribution in [0, 0.1) is 0 Å². The summed E-state index contributed by atoms with van der Waals surface area (Å²) in [5.74, 6) is -0.0171. The Hall–Kier alpha value is -3.95. The van der Waals surface area contributed by atoms with Gasteiger partial charge in [-0.15, -0.1) is 0 Å². The van der Waals surface area contributed by atoms with Gasteiger partial charge in [0.25, 0.3) is 0 Å². The van der Waals surface area contributed by atoms with Gasteiger partial charge >= 0.3 is 0 Å². The maximum atomic E-state index is 12.1. The molecule has 5 N–H and O–H groups in total. The van der Waals surface area contributed by atoms with E-state index in [-0.39, 0.29) is 5.91 Å². The van der Waals surface area contributed by atoms with Crippen molar-refractivity contribution in [2.24, 2.45) is 5.73 Å². The molecular weight excluding hydrogens is 454 g/mol. The Morgan fingerprint density at radius 3 is 2.65 bits per heavy atom. The fourth-order valence-corrected chi connectivity index (χ4v) is 3.16. The summed E-state index contributed by atoms with van der Waals surface area (Å²) >= 11 is 6.25. The number of likely N-dealkylation sites (N-methyl/N-ethyl adjacent to an activating group) is 1. The maximum absolute atomic E-state index is 12.1. The van der Waals surface area contributed by atoms with Gasteiger partial charge in [0, 0.05) is 36.1 Å². The normalized spacial score (nSPS) is 10.9. The smallest absolute Gasteiger partial charge is 0.249 e. The van der Waals surface area contributed by atoms with Crippen molar-refractivity contribution in [2.75, 3.05) is 36.6 Å². The third kappa shape index (κ3) is 7.29. The maximum Gasteiger partial charge on any atom is 0.249 e. The summed E-state index contributed by atoms with van der Waals surface area (Å²) in [5.41, 5.74) is 7.90. The van der Waals surface area contributed by atoms with Crippen LogP contribution in [0.15, 0.2) is 66.9 Å². The molecule has 34 heavy (non-hydrogen) atoms. The van der Waals surface area contributed by atoms with Crippen LogP contribution in [-0.2, 0) is 11.3 Å². The van der Waals surface area contributed by atoms with E-state index in [1.54, 1.807) is 42.5 Å². The van der Waals surface area contributed by atoms with Gasteiger partial charge in [0.05, 0.1) is 6.20 Å². The van der Waals surface area contributed by atoms with Crippen LogP contribution in [0.4, 0.5) is 23.1 Å². The summed E-state index contributed by atoms with van der Waals surface area (Å²) in [6.45, 7) is 0.978. The molecule has 0 atom stereocenters. The number of rotatable bonds is 10. The molecule has 0 saturated carbocycles. The number of hydrogen-bond acceptors (Lipinski definition) is 7. The third-order valence-electron chi connectivity index (χ3n) is 4.60. The van der Waals surface area contributed by atoms with E-state index < -0.39 is 5.91 Å². The predicted octanol–water partition coefficient (Wildman–Crippen LogP) is 3.64. The summed E-state index contributed by atoms with van der Waals surface area (Å²) < 4.78 is 0. The first-order chi connectivity index (χ1) is 16.3. The zero-order valence-electron chi connectivity index (χ0n) is 18.9. The van der Waals surface area contributed by atoms with Crippen molar-refractivity contribution in [3.05, 3.63) is 83.0 Å². The standard InChI is InChI=1S/C24H26ClN7O2/c1-32(2)12-6-11-21(33)29-17-8-5-9-18(13-17)30-24-28-15-20(25)23(31-24)27-14-16-7-3-4-10-19(16)22(26)34/h3-11,13,15H,12,14H2,1-2H3,(H2,26,34)(H,29,33)(H2,27,28,30,31). The zero-order valence-corrected chi connectivity index (χ0v) is 19.6. The molecule has 0 aliphatic carbocycles. The Balaban J connectivity index is 1.67. The van der Waals surface area contributed by atoms with Crippen LogP contribution in [-0.4, -0.2) is 47.3 Å². The average Bonchev–Trinajstić information content (AvgIpc) is 2.79. The fraction of sp³-hybridized carbons (Fsp3) is 0.167. The molecule has 0 fully saturated rings. The molecule has 0 spiro atoms. The third-order valence-corrected chi connectivity index (χ3v) is 4.88. The minimum atomic E-state index is -0.506. The highest BCUT2D eigenvalue weighted by Crippen LogP contribution is 2.23. The van der Waals surface area contributed by atoms with Crippen molar-refractivity contribution >= 4 is 46.6 Å². The van der Waals surface area contributed by atoms with Crippen LogP contribution in [0.25, 0.3) is 0 Å². The van der Waals surface area contributed by atoms with Crippen LogP contribution in [0.2, 0.25) is 5.02 Å².